The van der Waals surface area contributed by atoms with E-state index in [9.17, 15) is 13.2 Å². The average molecular weight is 425 g/mol. The lowest BCUT2D eigenvalue weighted by molar-refractivity contribution is -0.117. The highest BCUT2D eigenvalue weighted by molar-refractivity contribution is 7.92. The van der Waals surface area contributed by atoms with Crippen LogP contribution >= 0.6 is 11.6 Å². The number of amides is 1. The van der Waals surface area contributed by atoms with E-state index in [0.29, 0.717) is 17.1 Å². The van der Waals surface area contributed by atoms with E-state index in [1.807, 2.05) is 26.0 Å². The van der Waals surface area contributed by atoms with E-state index >= 15 is 0 Å². The van der Waals surface area contributed by atoms with Crippen LogP contribution < -0.4 is 14.4 Å². The van der Waals surface area contributed by atoms with Crippen molar-refractivity contribution >= 4 is 38.9 Å². The van der Waals surface area contributed by atoms with Crippen LogP contribution in [0, 0.1) is 13.8 Å². The normalized spacial score (nSPS) is 12.4. The molecule has 0 aliphatic heterocycles. The third-order valence-electron chi connectivity index (χ3n) is 4.58. The molecule has 0 saturated carbocycles. The molecule has 1 N–H and O–H groups in total. The van der Waals surface area contributed by atoms with Crippen LogP contribution in [-0.2, 0) is 14.8 Å². The molecule has 8 heteroatoms. The molecular weight excluding hydrogens is 400 g/mol. The molecule has 0 aliphatic rings. The summed E-state index contributed by atoms with van der Waals surface area (Å²) in [5.74, 6) is 0.0142. The van der Waals surface area contributed by atoms with Gasteiger partial charge in [-0.2, -0.15) is 0 Å². The summed E-state index contributed by atoms with van der Waals surface area (Å²) in [5, 5.41) is 3.12. The molecule has 1 atom stereocenters. The fourth-order valence-corrected chi connectivity index (χ4v) is 4.41. The third kappa shape index (κ3) is 4.77. The minimum atomic E-state index is -3.75. The number of carbonyl (C=O) groups excluding carboxylic acids is 1. The largest absolute Gasteiger partial charge is 0.495 e. The number of halogens is 1. The molecule has 0 spiro atoms. The van der Waals surface area contributed by atoms with E-state index < -0.39 is 22.0 Å². The van der Waals surface area contributed by atoms with Crippen molar-refractivity contribution in [3.8, 4) is 5.75 Å². The molecule has 2 rings (SSSR count). The van der Waals surface area contributed by atoms with Crippen molar-refractivity contribution in [2.75, 3.05) is 23.0 Å². The number of nitrogens with zero attached hydrogens (tertiary/aromatic N) is 1. The van der Waals surface area contributed by atoms with E-state index in [1.165, 1.54) is 13.2 Å². The van der Waals surface area contributed by atoms with Crippen LogP contribution in [0.2, 0.25) is 5.02 Å². The Bertz CT molecular complexity index is 976. The molecule has 0 aromatic heterocycles. The number of anilines is 2. The smallest absolute Gasteiger partial charge is 0.248 e. The molecule has 6 nitrogen and oxygen atoms in total. The van der Waals surface area contributed by atoms with Gasteiger partial charge in [0.15, 0.2) is 0 Å². The highest BCUT2D eigenvalue weighted by atomic mass is 35.5. The van der Waals surface area contributed by atoms with Gasteiger partial charge in [-0.25, -0.2) is 8.42 Å². The predicted octanol–water partition coefficient (Wildman–Crippen LogP) is 4.15. The second kappa shape index (κ2) is 8.84. The Morgan fingerprint density at radius 2 is 1.93 bits per heavy atom. The van der Waals surface area contributed by atoms with Crippen molar-refractivity contribution in [2.24, 2.45) is 0 Å². The van der Waals surface area contributed by atoms with Crippen molar-refractivity contribution in [3.05, 3.63) is 52.5 Å². The van der Waals surface area contributed by atoms with Crippen LogP contribution in [0.15, 0.2) is 36.4 Å². The standard InChI is InChI=1S/C20H25ClN2O4S/c1-6-18(20(24)22-17-9-7-8-13(2)14(17)3)23(28(5,25)26)15-10-11-19(27-4)16(21)12-15/h7-12,18H,6H2,1-5H3,(H,22,24)/t18-/m1/s1. The van der Waals surface area contributed by atoms with Gasteiger partial charge < -0.3 is 10.1 Å². The van der Waals surface area contributed by atoms with E-state index in [-0.39, 0.29) is 11.4 Å². The molecule has 0 bridgehead atoms. The zero-order valence-corrected chi connectivity index (χ0v) is 18.2. The topological polar surface area (TPSA) is 75.7 Å². The molecular formula is C20H25ClN2O4S. The Morgan fingerprint density at radius 3 is 2.46 bits per heavy atom. The molecule has 0 unspecified atom stereocenters. The number of nitrogens with one attached hydrogen (secondary N) is 1. The van der Waals surface area contributed by atoms with E-state index in [2.05, 4.69) is 5.32 Å². The van der Waals surface area contributed by atoms with Gasteiger partial charge >= 0.3 is 0 Å². The van der Waals surface area contributed by atoms with Gasteiger partial charge in [-0.05, 0) is 55.7 Å². The fourth-order valence-electron chi connectivity index (χ4n) is 2.96. The Labute approximate surface area is 171 Å². The van der Waals surface area contributed by atoms with E-state index in [1.54, 1.807) is 25.1 Å². The lowest BCUT2D eigenvalue weighted by atomic mass is 10.1. The summed E-state index contributed by atoms with van der Waals surface area (Å²) >= 11 is 6.17. The molecule has 152 valence electrons. The molecule has 28 heavy (non-hydrogen) atoms. The number of benzene rings is 2. The van der Waals surface area contributed by atoms with Crippen LogP contribution in [0.3, 0.4) is 0 Å². The van der Waals surface area contributed by atoms with Gasteiger partial charge in [0.05, 0.1) is 24.1 Å². The minimum Gasteiger partial charge on any atom is -0.495 e. The Kier molecular flexibility index (Phi) is 6.96. The van der Waals surface area contributed by atoms with Crippen LogP contribution in [0.25, 0.3) is 0 Å². The zero-order valence-electron chi connectivity index (χ0n) is 16.6. The van der Waals surface area contributed by atoms with Crippen molar-refractivity contribution in [1.29, 1.82) is 0 Å². The summed E-state index contributed by atoms with van der Waals surface area (Å²) < 4.78 is 31.3. The van der Waals surface area contributed by atoms with Crippen LogP contribution in [0.4, 0.5) is 11.4 Å². The van der Waals surface area contributed by atoms with Crippen molar-refractivity contribution in [3.63, 3.8) is 0 Å². The van der Waals surface area contributed by atoms with Gasteiger partial charge in [0.2, 0.25) is 15.9 Å². The number of hydrogen-bond donors (Lipinski definition) is 1. The second-order valence-corrected chi connectivity index (χ2v) is 8.81. The molecule has 2 aromatic rings. The van der Waals surface area contributed by atoms with Crippen LogP contribution in [0.5, 0.6) is 5.75 Å². The predicted molar refractivity (Wildman–Crippen MR) is 114 cm³/mol. The third-order valence-corrected chi connectivity index (χ3v) is 6.06. The maximum Gasteiger partial charge on any atom is 0.248 e. The highest BCUT2D eigenvalue weighted by Crippen LogP contribution is 2.32. The van der Waals surface area contributed by atoms with Crippen LogP contribution in [-0.4, -0.2) is 33.7 Å². The Hall–Kier alpha value is -2.25. The summed E-state index contributed by atoms with van der Waals surface area (Å²) in [6.07, 6.45) is 1.35. The minimum absolute atomic E-state index is 0.262. The fraction of sp³-hybridized carbons (Fsp3) is 0.350. The van der Waals surface area contributed by atoms with E-state index in [4.69, 9.17) is 16.3 Å². The summed E-state index contributed by atoms with van der Waals surface area (Å²) in [6, 6.07) is 9.28. The SMILES string of the molecule is CC[C@H](C(=O)Nc1cccc(C)c1C)N(c1ccc(OC)c(Cl)c1)S(C)(=O)=O. The number of hydrogen-bond acceptors (Lipinski definition) is 4. The van der Waals surface area contributed by atoms with Crippen molar-refractivity contribution in [1.82, 2.24) is 0 Å². The van der Waals surface area contributed by atoms with Crippen LogP contribution in [0.1, 0.15) is 24.5 Å². The number of rotatable bonds is 7. The Balaban J connectivity index is 2.44. The quantitative estimate of drug-likeness (QED) is 0.724. The summed E-state index contributed by atoms with van der Waals surface area (Å²) in [4.78, 5) is 13.0. The molecule has 0 fully saturated rings. The lowest BCUT2D eigenvalue weighted by Crippen LogP contribution is -2.47. The monoisotopic (exact) mass is 424 g/mol. The molecule has 0 aliphatic carbocycles. The van der Waals surface area contributed by atoms with Gasteiger partial charge in [-0.1, -0.05) is 30.7 Å². The summed E-state index contributed by atoms with van der Waals surface area (Å²) in [7, 11) is -2.27. The molecule has 2 aromatic carbocycles. The van der Waals surface area contributed by atoms with Crippen molar-refractivity contribution < 1.29 is 17.9 Å². The van der Waals surface area contributed by atoms with Gasteiger partial charge in [0.25, 0.3) is 0 Å². The number of carbonyl (C=O) groups is 1. The molecule has 1 amide bonds. The number of aryl methyl sites for hydroxylation is 1. The van der Waals surface area contributed by atoms with Gasteiger partial charge in [-0.3, -0.25) is 9.10 Å². The molecule has 0 radical (unpaired) electrons. The maximum atomic E-state index is 13.0. The van der Waals surface area contributed by atoms with E-state index in [0.717, 1.165) is 21.7 Å². The second-order valence-electron chi connectivity index (χ2n) is 6.54. The lowest BCUT2D eigenvalue weighted by Gasteiger charge is -2.30. The number of sulfonamides is 1. The van der Waals surface area contributed by atoms with Gasteiger partial charge in [-0.15, -0.1) is 0 Å². The highest BCUT2D eigenvalue weighted by Gasteiger charge is 2.32. The first-order valence-electron chi connectivity index (χ1n) is 8.80. The first-order chi connectivity index (χ1) is 13.1. The summed E-state index contributed by atoms with van der Waals surface area (Å²) in [6.45, 7) is 5.62. The summed E-state index contributed by atoms with van der Waals surface area (Å²) in [5.41, 5.74) is 2.93. The van der Waals surface area contributed by atoms with Crippen molar-refractivity contribution in [2.45, 2.75) is 33.2 Å². The van der Waals surface area contributed by atoms with Gasteiger partial charge in [0, 0.05) is 5.69 Å². The number of ether oxygens (including phenoxy) is 1. The zero-order chi connectivity index (χ0) is 21.1. The first-order valence-corrected chi connectivity index (χ1v) is 11.0. The average Bonchev–Trinajstić information content (AvgIpc) is 2.62. The Morgan fingerprint density at radius 1 is 1.25 bits per heavy atom. The van der Waals surface area contributed by atoms with Gasteiger partial charge in [0.1, 0.15) is 11.8 Å². The first kappa shape index (κ1) is 22.0. The maximum absolute atomic E-state index is 13.0. The molecule has 0 heterocycles. The molecule has 0 saturated heterocycles. The number of methoxy groups -OCH3 is 1.